The molecule has 0 atom stereocenters. The van der Waals surface area contributed by atoms with Crippen LogP contribution in [0, 0.1) is 0 Å². The Morgan fingerprint density at radius 1 is 0.150 bits per heavy atom. The molecular weight excluding hydrogens is 721 g/mol. The molecule has 0 bridgehead atoms. The monoisotopic (exact) mass is 756 g/mol. The molecule has 0 amide bonds. The van der Waals surface area contributed by atoms with Crippen molar-refractivity contribution in [2.75, 3.05) is 0 Å². The number of rotatable bonds is 5. The summed E-state index contributed by atoms with van der Waals surface area (Å²) in [7, 11) is 0. The summed E-state index contributed by atoms with van der Waals surface area (Å²) < 4.78 is 0. The summed E-state index contributed by atoms with van der Waals surface area (Å²) in [5.41, 5.74) is 17.7. The van der Waals surface area contributed by atoms with Crippen molar-refractivity contribution in [1.82, 2.24) is 0 Å². The fourth-order valence-electron chi connectivity index (χ4n) is 10.8. The van der Waals surface area contributed by atoms with E-state index in [4.69, 9.17) is 0 Å². The van der Waals surface area contributed by atoms with Gasteiger partial charge in [0.1, 0.15) is 0 Å². The molecule has 0 saturated carbocycles. The lowest BCUT2D eigenvalue weighted by Gasteiger charge is -2.23. The molecule has 60 heavy (non-hydrogen) atoms. The Balaban J connectivity index is 1.27. The van der Waals surface area contributed by atoms with Crippen LogP contribution in [0.25, 0.3) is 132 Å². The molecule has 1 aliphatic rings. The standard InChI is InChI=1S/C60H36/c1-5-17-37(18-6-1)41-25-13-14-26-46(41)55-49-30-16-29-48-47-28-15-27-45-42(38-19-7-2-8-20-38)31-34-50(53(45)47)58(56(48)49)60-52-36-33-44(40-23-11-4-12-24-40)54-43(39-21-9-3-10-22-39)32-35-51(57(52)54)59(55)60/h1-36H. The van der Waals surface area contributed by atoms with Crippen molar-refractivity contribution < 1.29 is 0 Å². The summed E-state index contributed by atoms with van der Waals surface area (Å²) in [5.74, 6) is 0. The lowest BCUT2D eigenvalue weighted by molar-refractivity contribution is 1.60. The molecule has 0 nitrogen and oxygen atoms in total. The largest absolute Gasteiger partial charge is 0.0622 e. The van der Waals surface area contributed by atoms with Crippen LogP contribution in [0.1, 0.15) is 0 Å². The van der Waals surface area contributed by atoms with E-state index in [9.17, 15) is 0 Å². The van der Waals surface area contributed by atoms with Crippen LogP contribution in [0.5, 0.6) is 0 Å². The van der Waals surface area contributed by atoms with Gasteiger partial charge in [0.25, 0.3) is 0 Å². The maximum absolute atomic E-state index is 2.43. The van der Waals surface area contributed by atoms with Gasteiger partial charge in [0.05, 0.1) is 0 Å². The molecule has 0 saturated heterocycles. The smallest absolute Gasteiger partial charge is 0.000695 e. The first kappa shape index (κ1) is 33.2. The van der Waals surface area contributed by atoms with Crippen molar-refractivity contribution in [2.45, 2.75) is 0 Å². The molecule has 12 aromatic rings. The molecule has 0 spiro atoms. The summed E-state index contributed by atoms with van der Waals surface area (Å²) in [5, 5.41) is 13.1. The molecule has 0 aromatic heterocycles. The van der Waals surface area contributed by atoms with Crippen LogP contribution in [0.15, 0.2) is 218 Å². The molecule has 0 aliphatic heterocycles. The highest BCUT2D eigenvalue weighted by Gasteiger charge is 2.33. The average molecular weight is 757 g/mol. The predicted molar refractivity (Wildman–Crippen MR) is 257 cm³/mol. The van der Waals surface area contributed by atoms with Crippen molar-refractivity contribution in [2.24, 2.45) is 0 Å². The minimum absolute atomic E-state index is 1.22. The van der Waals surface area contributed by atoms with Gasteiger partial charge in [0.15, 0.2) is 0 Å². The number of fused-ring (bicyclic) bond motifs is 6. The van der Waals surface area contributed by atoms with Crippen LogP contribution in [-0.4, -0.2) is 0 Å². The van der Waals surface area contributed by atoms with Gasteiger partial charge in [-0.15, -0.1) is 0 Å². The third kappa shape index (κ3) is 4.62. The van der Waals surface area contributed by atoms with Crippen LogP contribution in [0.3, 0.4) is 0 Å². The highest BCUT2D eigenvalue weighted by molar-refractivity contribution is 6.42. The van der Waals surface area contributed by atoms with Gasteiger partial charge < -0.3 is 0 Å². The maximum atomic E-state index is 2.43. The van der Waals surface area contributed by atoms with E-state index in [1.165, 1.54) is 132 Å². The second-order valence-corrected chi connectivity index (χ2v) is 16.2. The highest BCUT2D eigenvalue weighted by Crippen LogP contribution is 2.61. The Kier molecular flexibility index (Phi) is 7.11. The third-order valence-electron chi connectivity index (χ3n) is 13.2. The summed E-state index contributed by atoms with van der Waals surface area (Å²) in [6.45, 7) is 0. The van der Waals surface area contributed by atoms with Gasteiger partial charge in [-0.1, -0.05) is 218 Å². The van der Waals surface area contributed by atoms with Gasteiger partial charge in [-0.25, -0.2) is 0 Å². The summed E-state index contributed by atoms with van der Waals surface area (Å²) >= 11 is 0. The lowest BCUT2D eigenvalue weighted by atomic mass is 9.79. The van der Waals surface area contributed by atoms with E-state index in [0.29, 0.717) is 0 Å². The molecule has 0 fully saturated rings. The van der Waals surface area contributed by atoms with Crippen molar-refractivity contribution in [3.63, 3.8) is 0 Å². The van der Waals surface area contributed by atoms with E-state index < -0.39 is 0 Å². The molecule has 0 unspecified atom stereocenters. The van der Waals surface area contributed by atoms with E-state index in [0.717, 1.165) is 0 Å². The molecule has 0 heteroatoms. The van der Waals surface area contributed by atoms with Gasteiger partial charge in [-0.3, -0.25) is 0 Å². The predicted octanol–water partition coefficient (Wildman–Crippen LogP) is 16.9. The van der Waals surface area contributed by atoms with Crippen molar-refractivity contribution in [1.29, 1.82) is 0 Å². The first-order valence-electron chi connectivity index (χ1n) is 20.9. The van der Waals surface area contributed by atoms with Gasteiger partial charge in [0.2, 0.25) is 0 Å². The zero-order valence-electron chi connectivity index (χ0n) is 32.8. The van der Waals surface area contributed by atoms with Crippen LogP contribution < -0.4 is 0 Å². The maximum Gasteiger partial charge on any atom is -0.000695 e. The fourth-order valence-corrected chi connectivity index (χ4v) is 10.8. The minimum Gasteiger partial charge on any atom is -0.0622 e. The van der Waals surface area contributed by atoms with E-state index in [-0.39, 0.29) is 0 Å². The topological polar surface area (TPSA) is 0 Å². The highest BCUT2D eigenvalue weighted by atomic mass is 14.4. The molecule has 276 valence electrons. The molecule has 0 radical (unpaired) electrons. The quantitative estimate of drug-likeness (QED) is 0.121. The van der Waals surface area contributed by atoms with Crippen molar-refractivity contribution in [3.8, 4) is 77.9 Å². The van der Waals surface area contributed by atoms with E-state index in [1.54, 1.807) is 0 Å². The summed E-state index contributed by atoms with van der Waals surface area (Å²) in [6.07, 6.45) is 0. The van der Waals surface area contributed by atoms with E-state index >= 15 is 0 Å². The second-order valence-electron chi connectivity index (χ2n) is 16.2. The van der Waals surface area contributed by atoms with Gasteiger partial charge in [-0.2, -0.15) is 0 Å². The SMILES string of the molecule is c1ccc(-c2ccccc2-c2c3c(c4c5ccc(-c6ccccc6)c6cccc(c7cccc2c74)c65)-c2ccc(-c4ccccc4)c4c(-c5ccccc5)ccc-3c24)cc1. The Bertz CT molecular complexity index is 3610. The van der Waals surface area contributed by atoms with Crippen LogP contribution in [0.4, 0.5) is 0 Å². The Labute approximate surface area is 348 Å². The van der Waals surface area contributed by atoms with Gasteiger partial charge >= 0.3 is 0 Å². The van der Waals surface area contributed by atoms with E-state index in [2.05, 4.69) is 218 Å². The Morgan fingerprint density at radius 2 is 0.567 bits per heavy atom. The number of benzene rings is 12. The first-order chi connectivity index (χ1) is 29.8. The first-order valence-corrected chi connectivity index (χ1v) is 20.9. The lowest BCUT2D eigenvalue weighted by Crippen LogP contribution is -1.96. The zero-order chi connectivity index (χ0) is 39.3. The number of hydrogen-bond donors (Lipinski definition) is 0. The van der Waals surface area contributed by atoms with Gasteiger partial charge in [0, 0.05) is 0 Å². The fraction of sp³-hybridized carbons (Fsp3) is 0. The molecule has 13 rings (SSSR count). The van der Waals surface area contributed by atoms with Gasteiger partial charge in [-0.05, 0) is 132 Å². The van der Waals surface area contributed by atoms with Crippen LogP contribution >= 0.6 is 0 Å². The third-order valence-corrected chi connectivity index (χ3v) is 13.2. The molecule has 0 heterocycles. The van der Waals surface area contributed by atoms with Crippen LogP contribution in [-0.2, 0) is 0 Å². The number of hydrogen-bond acceptors (Lipinski definition) is 0. The Morgan fingerprint density at radius 3 is 1.17 bits per heavy atom. The van der Waals surface area contributed by atoms with Crippen molar-refractivity contribution >= 4 is 53.9 Å². The Hall–Kier alpha value is -7.80. The minimum atomic E-state index is 1.22. The van der Waals surface area contributed by atoms with Crippen molar-refractivity contribution in [3.05, 3.63) is 218 Å². The summed E-state index contributed by atoms with van der Waals surface area (Å²) in [4.78, 5) is 0. The molecule has 1 aliphatic carbocycles. The molecule has 0 N–H and O–H groups in total. The zero-order valence-corrected chi connectivity index (χ0v) is 32.8. The molecule has 12 aromatic carbocycles. The molecular formula is C60H36. The van der Waals surface area contributed by atoms with Crippen LogP contribution in [0.2, 0.25) is 0 Å². The second kappa shape index (κ2) is 12.9. The average Bonchev–Trinajstić information content (AvgIpc) is 3.66. The summed E-state index contributed by atoms with van der Waals surface area (Å²) in [6, 6.07) is 81.1. The van der Waals surface area contributed by atoms with E-state index in [1.807, 2.05) is 0 Å². The normalized spacial score (nSPS) is 12.0.